The standard InChI is InChI=1S/C19H21ClN2O2/c1-15(23)22(11-10-16-8-5-9-18(20)12-16)14-19(24)21-13-17-6-3-2-4-7-17/h2-9,12H,10-11,13-14H2,1H3,(H,21,24). The maximum Gasteiger partial charge on any atom is 0.239 e. The van der Waals surface area contributed by atoms with Gasteiger partial charge in [-0.15, -0.1) is 0 Å². The first-order valence-corrected chi connectivity index (χ1v) is 8.23. The van der Waals surface area contributed by atoms with Crippen LogP contribution >= 0.6 is 11.6 Å². The van der Waals surface area contributed by atoms with Crippen LogP contribution in [-0.4, -0.2) is 29.8 Å². The third-order valence-corrected chi connectivity index (χ3v) is 3.91. The van der Waals surface area contributed by atoms with Crippen molar-refractivity contribution in [3.05, 3.63) is 70.7 Å². The van der Waals surface area contributed by atoms with Crippen molar-refractivity contribution in [3.8, 4) is 0 Å². The smallest absolute Gasteiger partial charge is 0.239 e. The molecule has 0 saturated heterocycles. The van der Waals surface area contributed by atoms with E-state index in [-0.39, 0.29) is 18.4 Å². The molecule has 24 heavy (non-hydrogen) atoms. The van der Waals surface area contributed by atoms with Gasteiger partial charge in [-0.2, -0.15) is 0 Å². The molecule has 0 fully saturated rings. The second kappa shape index (κ2) is 9.08. The van der Waals surface area contributed by atoms with Crippen molar-refractivity contribution < 1.29 is 9.59 Å². The van der Waals surface area contributed by atoms with Crippen LogP contribution in [0.4, 0.5) is 0 Å². The molecule has 0 spiro atoms. The van der Waals surface area contributed by atoms with E-state index in [1.54, 1.807) is 4.90 Å². The van der Waals surface area contributed by atoms with Crippen LogP contribution < -0.4 is 5.32 Å². The average Bonchev–Trinajstić information content (AvgIpc) is 2.57. The number of hydrogen-bond acceptors (Lipinski definition) is 2. The maximum absolute atomic E-state index is 12.1. The molecule has 4 nitrogen and oxygen atoms in total. The van der Waals surface area contributed by atoms with Crippen molar-refractivity contribution in [1.29, 1.82) is 0 Å². The highest BCUT2D eigenvalue weighted by Gasteiger charge is 2.13. The van der Waals surface area contributed by atoms with Crippen LogP contribution in [0.3, 0.4) is 0 Å². The number of nitrogens with one attached hydrogen (secondary N) is 1. The van der Waals surface area contributed by atoms with E-state index >= 15 is 0 Å². The summed E-state index contributed by atoms with van der Waals surface area (Å²) in [7, 11) is 0. The minimum atomic E-state index is -0.167. The van der Waals surface area contributed by atoms with Crippen LogP contribution in [0.15, 0.2) is 54.6 Å². The van der Waals surface area contributed by atoms with Gasteiger partial charge < -0.3 is 10.2 Å². The summed E-state index contributed by atoms with van der Waals surface area (Å²) in [6.45, 7) is 2.47. The SMILES string of the molecule is CC(=O)N(CCc1cccc(Cl)c1)CC(=O)NCc1ccccc1. The zero-order chi connectivity index (χ0) is 17.4. The van der Waals surface area contributed by atoms with Gasteiger partial charge in [0, 0.05) is 25.0 Å². The minimum Gasteiger partial charge on any atom is -0.350 e. The van der Waals surface area contributed by atoms with Gasteiger partial charge in [-0.25, -0.2) is 0 Å². The van der Waals surface area contributed by atoms with Gasteiger partial charge >= 0.3 is 0 Å². The second-order valence-corrected chi connectivity index (χ2v) is 6.02. The minimum absolute atomic E-state index is 0.0583. The topological polar surface area (TPSA) is 49.4 Å². The fourth-order valence-electron chi connectivity index (χ4n) is 2.33. The lowest BCUT2D eigenvalue weighted by atomic mass is 10.1. The fourth-order valence-corrected chi connectivity index (χ4v) is 2.54. The molecule has 0 radical (unpaired) electrons. The van der Waals surface area contributed by atoms with Gasteiger partial charge in [0.05, 0.1) is 6.54 Å². The molecule has 2 aromatic carbocycles. The molecule has 0 saturated carbocycles. The molecule has 0 aliphatic carbocycles. The molecule has 0 heterocycles. The second-order valence-electron chi connectivity index (χ2n) is 5.58. The van der Waals surface area contributed by atoms with Crippen LogP contribution in [0, 0.1) is 0 Å². The number of carbonyl (C=O) groups excluding carboxylic acids is 2. The van der Waals surface area contributed by atoms with Crippen molar-refractivity contribution in [1.82, 2.24) is 10.2 Å². The van der Waals surface area contributed by atoms with Gasteiger partial charge in [0.1, 0.15) is 0 Å². The van der Waals surface area contributed by atoms with Crippen LogP contribution in [-0.2, 0) is 22.6 Å². The van der Waals surface area contributed by atoms with Crippen LogP contribution in [0.2, 0.25) is 5.02 Å². The predicted octanol–water partition coefficient (Wildman–Crippen LogP) is 3.05. The predicted molar refractivity (Wildman–Crippen MR) is 95.7 cm³/mol. The molecular weight excluding hydrogens is 324 g/mol. The first-order chi connectivity index (χ1) is 11.5. The Bertz CT molecular complexity index is 689. The van der Waals surface area contributed by atoms with Gasteiger partial charge in [0.15, 0.2) is 0 Å². The van der Waals surface area contributed by atoms with E-state index in [1.165, 1.54) is 6.92 Å². The first-order valence-electron chi connectivity index (χ1n) is 7.85. The Morgan fingerprint density at radius 2 is 1.75 bits per heavy atom. The number of halogens is 1. The lowest BCUT2D eigenvalue weighted by Crippen LogP contribution is -2.40. The van der Waals surface area contributed by atoms with Gasteiger partial charge in [0.2, 0.25) is 11.8 Å². The molecule has 126 valence electrons. The number of carbonyl (C=O) groups is 2. The molecular formula is C19H21ClN2O2. The van der Waals surface area contributed by atoms with Crippen LogP contribution in [0.1, 0.15) is 18.1 Å². The van der Waals surface area contributed by atoms with Crippen LogP contribution in [0.5, 0.6) is 0 Å². The first kappa shape index (κ1) is 18.0. The van der Waals surface area contributed by atoms with Crippen molar-refractivity contribution >= 4 is 23.4 Å². The molecule has 2 amide bonds. The Kier molecular flexibility index (Phi) is 6.82. The van der Waals surface area contributed by atoms with E-state index in [4.69, 9.17) is 11.6 Å². The highest BCUT2D eigenvalue weighted by molar-refractivity contribution is 6.30. The lowest BCUT2D eigenvalue weighted by Gasteiger charge is -2.20. The Morgan fingerprint density at radius 1 is 1.04 bits per heavy atom. The van der Waals surface area contributed by atoms with Crippen molar-refractivity contribution in [2.45, 2.75) is 19.9 Å². The summed E-state index contributed by atoms with van der Waals surface area (Å²) in [5.74, 6) is -0.285. The fraction of sp³-hybridized carbons (Fsp3) is 0.263. The van der Waals surface area contributed by atoms with E-state index in [0.717, 1.165) is 11.1 Å². The molecule has 0 unspecified atom stereocenters. The molecule has 0 bridgehead atoms. The monoisotopic (exact) mass is 344 g/mol. The average molecular weight is 345 g/mol. The molecule has 0 atom stereocenters. The third-order valence-electron chi connectivity index (χ3n) is 3.67. The van der Waals surface area contributed by atoms with Crippen molar-refractivity contribution in [2.75, 3.05) is 13.1 Å². The number of hydrogen-bond donors (Lipinski definition) is 1. The Labute approximate surface area is 147 Å². The highest BCUT2D eigenvalue weighted by atomic mass is 35.5. The highest BCUT2D eigenvalue weighted by Crippen LogP contribution is 2.11. The molecule has 0 aromatic heterocycles. The quantitative estimate of drug-likeness (QED) is 0.839. The number of amides is 2. The molecule has 2 rings (SSSR count). The van der Waals surface area contributed by atoms with Gasteiger partial charge in [-0.05, 0) is 29.7 Å². The summed E-state index contributed by atoms with van der Waals surface area (Å²) in [5, 5.41) is 3.51. The zero-order valence-electron chi connectivity index (χ0n) is 13.7. The molecule has 1 N–H and O–H groups in total. The Balaban J connectivity index is 1.84. The normalized spacial score (nSPS) is 10.2. The molecule has 5 heteroatoms. The van der Waals surface area contributed by atoms with Gasteiger partial charge in [0.25, 0.3) is 0 Å². The van der Waals surface area contributed by atoms with E-state index in [2.05, 4.69) is 5.32 Å². The Hall–Kier alpha value is -2.33. The number of rotatable bonds is 7. The van der Waals surface area contributed by atoms with E-state index in [0.29, 0.717) is 24.5 Å². The summed E-state index contributed by atoms with van der Waals surface area (Å²) in [6.07, 6.45) is 0.659. The zero-order valence-corrected chi connectivity index (χ0v) is 14.4. The van der Waals surface area contributed by atoms with Gasteiger partial charge in [-0.3, -0.25) is 9.59 Å². The summed E-state index contributed by atoms with van der Waals surface area (Å²) >= 11 is 5.96. The lowest BCUT2D eigenvalue weighted by molar-refractivity contribution is -0.134. The summed E-state index contributed by atoms with van der Waals surface area (Å²) in [5.41, 5.74) is 2.07. The number of nitrogens with zero attached hydrogens (tertiary/aromatic N) is 1. The summed E-state index contributed by atoms with van der Waals surface area (Å²) in [4.78, 5) is 25.4. The summed E-state index contributed by atoms with van der Waals surface area (Å²) < 4.78 is 0. The molecule has 2 aromatic rings. The summed E-state index contributed by atoms with van der Waals surface area (Å²) in [6, 6.07) is 17.2. The molecule has 0 aliphatic heterocycles. The van der Waals surface area contributed by atoms with E-state index in [9.17, 15) is 9.59 Å². The third kappa shape index (κ3) is 6.05. The van der Waals surface area contributed by atoms with E-state index < -0.39 is 0 Å². The van der Waals surface area contributed by atoms with Crippen LogP contribution in [0.25, 0.3) is 0 Å². The maximum atomic E-state index is 12.1. The number of benzene rings is 2. The molecule has 0 aliphatic rings. The van der Waals surface area contributed by atoms with Gasteiger partial charge in [-0.1, -0.05) is 54.1 Å². The Morgan fingerprint density at radius 3 is 2.42 bits per heavy atom. The van der Waals surface area contributed by atoms with Crippen molar-refractivity contribution in [2.24, 2.45) is 0 Å². The largest absolute Gasteiger partial charge is 0.350 e. The van der Waals surface area contributed by atoms with Crippen molar-refractivity contribution in [3.63, 3.8) is 0 Å². The van der Waals surface area contributed by atoms with E-state index in [1.807, 2.05) is 54.6 Å².